The minimum Gasteiger partial charge on any atom is -0.410 e. The smallest absolute Gasteiger partial charge is 0.254 e. The molecule has 20 heavy (non-hydrogen) atoms. The van der Waals surface area contributed by atoms with Crippen LogP contribution in [0, 0.1) is 0 Å². The zero-order chi connectivity index (χ0) is 15.0. The van der Waals surface area contributed by atoms with Gasteiger partial charge in [0.15, 0.2) is 8.32 Å². The van der Waals surface area contributed by atoms with Gasteiger partial charge in [0.2, 0.25) is 0 Å². The first-order valence-corrected chi connectivity index (χ1v) is 10.1. The molecule has 1 saturated heterocycles. The highest BCUT2D eigenvalue weighted by Crippen LogP contribution is 2.38. The van der Waals surface area contributed by atoms with E-state index < -0.39 is 8.32 Å². The molecule has 0 unspecified atom stereocenters. The summed E-state index contributed by atoms with van der Waals surface area (Å²) in [6, 6.07) is 9.46. The van der Waals surface area contributed by atoms with Crippen molar-refractivity contribution < 1.29 is 9.22 Å². The van der Waals surface area contributed by atoms with Gasteiger partial charge in [0, 0.05) is 18.7 Å². The van der Waals surface area contributed by atoms with Gasteiger partial charge in [-0.1, -0.05) is 39.0 Å². The van der Waals surface area contributed by atoms with Gasteiger partial charge in [-0.2, -0.15) is 0 Å². The summed E-state index contributed by atoms with van der Waals surface area (Å²) < 4.78 is 6.30. The van der Waals surface area contributed by atoms with Crippen molar-refractivity contribution in [2.24, 2.45) is 0 Å². The Kier molecular flexibility index (Phi) is 4.07. The Balaban J connectivity index is 1.88. The molecule has 0 atom stereocenters. The van der Waals surface area contributed by atoms with Crippen LogP contribution in [0.2, 0.25) is 18.1 Å². The van der Waals surface area contributed by atoms with E-state index in [2.05, 4.69) is 33.9 Å². The lowest BCUT2D eigenvalue weighted by Crippen LogP contribution is -2.59. The number of carbonyl (C=O) groups excluding carboxylic acids is 1. The van der Waals surface area contributed by atoms with Crippen LogP contribution >= 0.6 is 0 Å². The minimum atomic E-state index is -1.72. The number of rotatable bonds is 3. The lowest BCUT2D eigenvalue weighted by atomic mass is 10.1. The summed E-state index contributed by atoms with van der Waals surface area (Å²) in [5, 5.41) is 0.219. The summed E-state index contributed by atoms with van der Waals surface area (Å²) in [5.41, 5.74) is 0.762. The van der Waals surface area contributed by atoms with Crippen LogP contribution in [0.25, 0.3) is 0 Å². The Morgan fingerprint density at radius 2 is 1.75 bits per heavy atom. The molecule has 110 valence electrons. The van der Waals surface area contributed by atoms with E-state index in [0.717, 1.165) is 18.7 Å². The van der Waals surface area contributed by atoms with E-state index in [4.69, 9.17) is 4.43 Å². The molecule has 1 aliphatic heterocycles. The van der Waals surface area contributed by atoms with Crippen LogP contribution < -0.4 is 0 Å². The van der Waals surface area contributed by atoms with Crippen LogP contribution in [-0.4, -0.2) is 38.3 Å². The number of hydrogen-bond donors (Lipinski definition) is 0. The topological polar surface area (TPSA) is 29.5 Å². The van der Waals surface area contributed by atoms with E-state index in [0.29, 0.717) is 0 Å². The molecule has 0 aliphatic carbocycles. The van der Waals surface area contributed by atoms with Crippen LogP contribution in [0.5, 0.6) is 0 Å². The molecule has 4 heteroatoms. The molecule has 0 aromatic heterocycles. The Hall–Kier alpha value is -1.13. The van der Waals surface area contributed by atoms with E-state index in [9.17, 15) is 4.79 Å². The third-order valence-electron chi connectivity index (χ3n) is 4.42. The molecule has 1 amide bonds. The Morgan fingerprint density at radius 1 is 1.20 bits per heavy atom. The van der Waals surface area contributed by atoms with Gasteiger partial charge >= 0.3 is 0 Å². The second-order valence-electron chi connectivity index (χ2n) is 7.08. The number of amides is 1. The molecular formula is C16H25NO2Si. The summed E-state index contributed by atoms with van der Waals surface area (Å²) in [7, 11) is -1.72. The monoisotopic (exact) mass is 291 g/mol. The van der Waals surface area contributed by atoms with Crippen molar-refractivity contribution in [1.29, 1.82) is 0 Å². The predicted octanol–water partition coefficient (Wildman–Crippen LogP) is 3.53. The number of likely N-dealkylation sites (tertiary alicyclic amines) is 1. The molecule has 1 aromatic carbocycles. The summed E-state index contributed by atoms with van der Waals surface area (Å²) in [6.07, 6.45) is 0.212. The number of hydrogen-bond acceptors (Lipinski definition) is 2. The van der Waals surface area contributed by atoms with Crippen molar-refractivity contribution in [1.82, 2.24) is 4.90 Å². The first-order chi connectivity index (χ1) is 9.21. The molecule has 0 saturated carbocycles. The standard InChI is InChI=1S/C16H25NO2Si/c1-16(2,3)20(4,5)19-14-11-17(12-14)15(18)13-9-7-6-8-10-13/h6-10,14H,11-12H2,1-5H3. The number of benzene rings is 1. The van der Waals surface area contributed by atoms with Gasteiger partial charge in [0.05, 0.1) is 6.10 Å². The van der Waals surface area contributed by atoms with Crippen LogP contribution in [0.15, 0.2) is 30.3 Å². The molecular weight excluding hydrogens is 266 g/mol. The van der Waals surface area contributed by atoms with E-state index >= 15 is 0 Å². The fourth-order valence-corrected chi connectivity index (χ4v) is 3.37. The third kappa shape index (κ3) is 3.12. The maximum atomic E-state index is 12.2. The van der Waals surface area contributed by atoms with Gasteiger partial charge in [-0.3, -0.25) is 4.79 Å². The summed E-state index contributed by atoms with van der Waals surface area (Å²) in [6.45, 7) is 12.7. The lowest BCUT2D eigenvalue weighted by Gasteiger charge is -2.46. The van der Waals surface area contributed by atoms with Crippen LogP contribution in [0.1, 0.15) is 31.1 Å². The average molecular weight is 291 g/mol. The highest BCUT2D eigenvalue weighted by Gasteiger charge is 2.42. The Labute approximate surface area is 123 Å². The van der Waals surface area contributed by atoms with E-state index in [1.165, 1.54) is 0 Å². The quantitative estimate of drug-likeness (QED) is 0.797. The zero-order valence-electron chi connectivity index (χ0n) is 13.1. The van der Waals surface area contributed by atoms with E-state index in [1.807, 2.05) is 35.2 Å². The number of carbonyl (C=O) groups is 1. The van der Waals surface area contributed by atoms with Crippen LogP contribution in [0.4, 0.5) is 0 Å². The van der Waals surface area contributed by atoms with Crippen molar-refractivity contribution in [3.63, 3.8) is 0 Å². The maximum absolute atomic E-state index is 12.2. The molecule has 1 fully saturated rings. The summed E-state index contributed by atoms with van der Waals surface area (Å²) in [4.78, 5) is 14.1. The summed E-state index contributed by atoms with van der Waals surface area (Å²) in [5.74, 6) is 0.112. The van der Waals surface area contributed by atoms with Gasteiger partial charge < -0.3 is 9.33 Å². The van der Waals surface area contributed by atoms with Crippen LogP contribution in [-0.2, 0) is 4.43 Å². The second kappa shape index (κ2) is 5.33. The SMILES string of the molecule is CC(C)(C)[Si](C)(C)OC1CN(C(=O)c2ccccc2)C1. The second-order valence-corrected chi connectivity index (χ2v) is 11.8. The first kappa shape index (κ1) is 15.3. The Bertz CT molecular complexity index is 473. The highest BCUT2D eigenvalue weighted by atomic mass is 28.4. The van der Waals surface area contributed by atoms with Gasteiger partial charge in [-0.05, 0) is 30.3 Å². The van der Waals surface area contributed by atoms with E-state index in [-0.39, 0.29) is 17.0 Å². The van der Waals surface area contributed by atoms with Crippen molar-refractivity contribution in [2.75, 3.05) is 13.1 Å². The average Bonchev–Trinajstić information content (AvgIpc) is 2.32. The molecule has 1 aromatic rings. The fourth-order valence-electron chi connectivity index (χ4n) is 2.04. The molecule has 0 spiro atoms. The number of nitrogens with zero attached hydrogens (tertiary/aromatic N) is 1. The molecule has 0 bridgehead atoms. The predicted molar refractivity (Wildman–Crippen MR) is 84.4 cm³/mol. The maximum Gasteiger partial charge on any atom is 0.254 e. The molecule has 3 nitrogen and oxygen atoms in total. The zero-order valence-corrected chi connectivity index (χ0v) is 14.1. The van der Waals surface area contributed by atoms with Gasteiger partial charge in [0.1, 0.15) is 0 Å². The van der Waals surface area contributed by atoms with Crippen molar-refractivity contribution in [3.8, 4) is 0 Å². The van der Waals surface area contributed by atoms with Crippen LogP contribution in [0.3, 0.4) is 0 Å². The van der Waals surface area contributed by atoms with Crippen molar-refractivity contribution in [3.05, 3.63) is 35.9 Å². The molecule has 0 N–H and O–H groups in total. The minimum absolute atomic E-state index is 0.112. The third-order valence-corrected chi connectivity index (χ3v) is 8.96. The molecule has 2 rings (SSSR count). The van der Waals surface area contributed by atoms with Gasteiger partial charge in [0.25, 0.3) is 5.91 Å². The summed E-state index contributed by atoms with van der Waals surface area (Å²) >= 11 is 0. The lowest BCUT2D eigenvalue weighted by molar-refractivity contribution is 0.0118. The fraction of sp³-hybridized carbons (Fsp3) is 0.562. The molecule has 0 radical (unpaired) electrons. The Morgan fingerprint density at radius 3 is 2.25 bits per heavy atom. The largest absolute Gasteiger partial charge is 0.410 e. The van der Waals surface area contributed by atoms with Gasteiger partial charge in [-0.25, -0.2) is 0 Å². The first-order valence-electron chi connectivity index (χ1n) is 7.23. The molecule has 1 aliphatic rings. The van der Waals surface area contributed by atoms with Gasteiger partial charge in [-0.15, -0.1) is 0 Å². The van der Waals surface area contributed by atoms with Crippen molar-refractivity contribution in [2.45, 2.75) is 45.0 Å². The molecule has 1 heterocycles. The highest BCUT2D eigenvalue weighted by molar-refractivity contribution is 6.74. The normalized spacial score (nSPS) is 16.9. The van der Waals surface area contributed by atoms with Crippen molar-refractivity contribution >= 4 is 14.2 Å². The van der Waals surface area contributed by atoms with E-state index in [1.54, 1.807) is 0 Å².